The van der Waals surface area contributed by atoms with E-state index in [-0.39, 0.29) is 62.3 Å². The van der Waals surface area contributed by atoms with Gasteiger partial charge < -0.3 is 19.6 Å². The lowest BCUT2D eigenvalue weighted by atomic mass is 10.1. The number of amides is 1. The molecule has 0 saturated carbocycles. The number of nitrogens with zero attached hydrogens (tertiary/aromatic N) is 5. The monoisotopic (exact) mass is 789 g/mol. The summed E-state index contributed by atoms with van der Waals surface area (Å²) in [5.41, 5.74) is 4.42. The number of rotatable bonds is 9. The molecule has 1 aliphatic heterocycles. The molecule has 5 heterocycles. The van der Waals surface area contributed by atoms with Crippen LogP contribution < -0.4 is 9.44 Å². The molecule has 6 aromatic rings. The van der Waals surface area contributed by atoms with Gasteiger partial charge in [-0.1, -0.05) is 23.5 Å². The number of carbonyl (C=O) groups excluding carboxylic acids is 1. The lowest BCUT2D eigenvalue weighted by Crippen LogP contribution is -2.46. The van der Waals surface area contributed by atoms with Crippen molar-refractivity contribution < 1.29 is 26.4 Å². The zero-order valence-electron chi connectivity index (χ0n) is 28.7. The maximum atomic E-state index is 13.8. The molecule has 1 unspecified atom stereocenters. The van der Waals surface area contributed by atoms with Crippen molar-refractivity contribution in [3.63, 3.8) is 0 Å². The highest BCUT2D eigenvalue weighted by molar-refractivity contribution is 7.95. The molecule has 1 amide bonds. The van der Waals surface area contributed by atoms with Crippen LogP contribution >= 0.6 is 22.7 Å². The first kappa shape index (κ1) is 36.1. The van der Waals surface area contributed by atoms with Gasteiger partial charge in [-0.05, 0) is 51.0 Å². The second kappa shape index (κ2) is 13.6. The quantitative estimate of drug-likeness (QED) is 0.149. The number of ether oxygens (including phenoxy) is 1. The van der Waals surface area contributed by atoms with E-state index in [1.54, 1.807) is 38.1 Å². The highest BCUT2D eigenvalue weighted by Crippen LogP contribution is 2.34. The third-order valence-electron chi connectivity index (χ3n) is 8.88. The molecule has 4 aromatic heterocycles. The minimum absolute atomic E-state index is 0.0116. The van der Waals surface area contributed by atoms with Crippen LogP contribution in [0.15, 0.2) is 45.2 Å². The number of aromatic amines is 2. The topological polar surface area (TPSA) is 227 Å². The van der Waals surface area contributed by atoms with E-state index in [1.165, 1.54) is 17.3 Å². The van der Waals surface area contributed by atoms with E-state index in [0.717, 1.165) is 33.8 Å². The van der Waals surface area contributed by atoms with Crippen LogP contribution in [0.25, 0.3) is 21.8 Å². The predicted octanol–water partition coefficient (Wildman–Crippen LogP) is 5.22. The van der Waals surface area contributed by atoms with Gasteiger partial charge in [0.05, 0.1) is 62.6 Å². The molecule has 2 aromatic carbocycles. The zero-order chi connectivity index (χ0) is 37.8. The Morgan fingerprint density at radius 1 is 0.906 bits per heavy atom. The average molecular weight is 790 g/mol. The normalized spacial score (nSPS) is 15.1. The molecule has 0 bridgehead atoms. The molecular formula is C34H31N9O6S4. The molecule has 0 spiro atoms. The summed E-state index contributed by atoms with van der Waals surface area (Å²) in [6, 6.07) is 10.9. The first-order chi connectivity index (χ1) is 25.2. The van der Waals surface area contributed by atoms with E-state index in [4.69, 9.17) is 4.74 Å². The van der Waals surface area contributed by atoms with Gasteiger partial charge in [-0.3, -0.25) is 14.2 Å². The number of thiazole rings is 2. The molecule has 1 saturated heterocycles. The smallest absolute Gasteiger partial charge is 0.289 e. The number of aryl methyl sites for hydroxylation is 4. The number of anilines is 2. The van der Waals surface area contributed by atoms with Crippen LogP contribution in [0.3, 0.4) is 0 Å². The van der Waals surface area contributed by atoms with Crippen LogP contribution in [-0.4, -0.2) is 73.4 Å². The zero-order valence-corrected chi connectivity index (χ0v) is 32.0. The number of sulfonamides is 2. The van der Waals surface area contributed by atoms with Gasteiger partial charge in [0.25, 0.3) is 26.0 Å². The number of nitriles is 2. The standard InChI is InChI=1S/C34H31N9O6S4/c1-17-5-7-24(29-27(17)21(12-35)14-37-29)41-52(45,46)33-26(40-20(4)50-33)11-23-16-43(9-10-49-23)32(44)31-19(3)39-34(51-31)53(47,48)42-25-8-6-18(2)28-22(13-36)15-38-30(25)28/h5-8,14-15,23,37-38,41-42H,9-11,16H2,1-4H3. The third-order valence-corrected chi connectivity index (χ3v) is 14.7. The van der Waals surface area contributed by atoms with Crippen LogP contribution in [-0.2, 0) is 31.2 Å². The van der Waals surface area contributed by atoms with Crippen molar-refractivity contribution in [2.24, 2.45) is 0 Å². The van der Waals surface area contributed by atoms with Crippen molar-refractivity contribution in [1.29, 1.82) is 10.5 Å². The summed E-state index contributed by atoms with van der Waals surface area (Å²) >= 11 is 1.77. The van der Waals surface area contributed by atoms with Gasteiger partial charge in [-0.15, -0.1) is 11.3 Å². The molecule has 0 radical (unpaired) electrons. The molecule has 0 aliphatic carbocycles. The lowest BCUT2D eigenvalue weighted by Gasteiger charge is -2.32. The second-order valence-electron chi connectivity index (χ2n) is 12.5. The van der Waals surface area contributed by atoms with E-state index in [1.807, 2.05) is 13.8 Å². The fourth-order valence-electron chi connectivity index (χ4n) is 6.43. The van der Waals surface area contributed by atoms with Gasteiger partial charge in [-0.2, -0.15) is 18.9 Å². The molecule has 19 heteroatoms. The van der Waals surface area contributed by atoms with Crippen LogP contribution in [0, 0.1) is 50.4 Å². The minimum atomic E-state index is -4.21. The van der Waals surface area contributed by atoms with Crippen molar-refractivity contribution in [1.82, 2.24) is 24.8 Å². The van der Waals surface area contributed by atoms with Crippen molar-refractivity contribution in [3.8, 4) is 12.1 Å². The van der Waals surface area contributed by atoms with Gasteiger partial charge in [0, 0.05) is 42.7 Å². The van der Waals surface area contributed by atoms with Gasteiger partial charge in [0.2, 0.25) is 4.34 Å². The fourth-order valence-corrected chi connectivity index (χ4v) is 11.4. The molecule has 7 rings (SSSR count). The van der Waals surface area contributed by atoms with Gasteiger partial charge in [-0.25, -0.2) is 18.4 Å². The Bertz CT molecular complexity index is 2770. The van der Waals surface area contributed by atoms with Crippen molar-refractivity contribution in [2.45, 2.75) is 48.8 Å². The summed E-state index contributed by atoms with van der Waals surface area (Å²) in [5.74, 6) is -0.425. The summed E-state index contributed by atoms with van der Waals surface area (Å²) in [6.07, 6.45) is 2.54. The first-order valence-corrected chi connectivity index (χ1v) is 20.7. The van der Waals surface area contributed by atoms with Gasteiger partial charge in [0.1, 0.15) is 17.0 Å². The molecule has 4 N–H and O–H groups in total. The number of hydrogen-bond acceptors (Lipinski definition) is 12. The average Bonchev–Trinajstić information content (AvgIpc) is 3.92. The van der Waals surface area contributed by atoms with Crippen LogP contribution in [0.2, 0.25) is 0 Å². The van der Waals surface area contributed by atoms with E-state index < -0.39 is 32.1 Å². The summed E-state index contributed by atoms with van der Waals surface area (Å²) in [6.45, 7) is 7.44. The minimum Gasteiger partial charge on any atom is -0.374 e. The molecular weight excluding hydrogens is 759 g/mol. The van der Waals surface area contributed by atoms with Crippen LogP contribution in [0.5, 0.6) is 0 Å². The number of H-pyrrole nitrogens is 2. The molecule has 53 heavy (non-hydrogen) atoms. The Hall–Kier alpha value is -5.31. The first-order valence-electron chi connectivity index (χ1n) is 16.1. The Kier molecular flexibility index (Phi) is 9.25. The Morgan fingerprint density at radius 3 is 2.08 bits per heavy atom. The SMILES string of the molecule is Cc1nc(CC2CN(C(=O)c3sc(S(=O)(=O)Nc4ccc(C)c5c(C#N)c[nH]c45)nc3C)CCO2)c(S(=O)(=O)Nc2ccc(C)c3c(C#N)c[nH]c23)s1. The van der Waals surface area contributed by atoms with Gasteiger partial charge >= 0.3 is 0 Å². The highest BCUT2D eigenvalue weighted by atomic mass is 32.3. The number of fused-ring (bicyclic) bond motifs is 2. The Labute approximate surface area is 312 Å². The van der Waals surface area contributed by atoms with Crippen molar-refractivity contribution in [2.75, 3.05) is 29.1 Å². The highest BCUT2D eigenvalue weighted by Gasteiger charge is 2.33. The maximum absolute atomic E-state index is 13.8. The molecule has 15 nitrogen and oxygen atoms in total. The summed E-state index contributed by atoms with van der Waals surface area (Å²) in [4.78, 5) is 30.2. The summed E-state index contributed by atoms with van der Waals surface area (Å²) in [5, 5.41) is 20.8. The maximum Gasteiger partial charge on any atom is 0.289 e. The van der Waals surface area contributed by atoms with Crippen LogP contribution in [0.4, 0.5) is 11.4 Å². The van der Waals surface area contributed by atoms with Crippen molar-refractivity contribution >= 4 is 81.8 Å². The summed E-state index contributed by atoms with van der Waals surface area (Å²) in [7, 11) is -8.33. The van der Waals surface area contributed by atoms with E-state index in [2.05, 4.69) is 41.5 Å². The third kappa shape index (κ3) is 6.62. The second-order valence-corrected chi connectivity index (χ2v) is 18.4. The number of morpholine rings is 1. The predicted molar refractivity (Wildman–Crippen MR) is 200 cm³/mol. The lowest BCUT2D eigenvalue weighted by molar-refractivity contribution is -0.0212. The largest absolute Gasteiger partial charge is 0.374 e. The number of benzene rings is 2. The van der Waals surface area contributed by atoms with Crippen LogP contribution in [0.1, 0.15) is 48.3 Å². The van der Waals surface area contributed by atoms with E-state index >= 15 is 0 Å². The number of aromatic nitrogens is 4. The summed E-state index contributed by atoms with van der Waals surface area (Å²) < 4.78 is 65.4. The number of hydrogen-bond donors (Lipinski definition) is 4. The van der Waals surface area contributed by atoms with E-state index in [9.17, 15) is 32.2 Å². The van der Waals surface area contributed by atoms with Crippen molar-refractivity contribution in [3.05, 3.63) is 80.2 Å². The van der Waals surface area contributed by atoms with Gasteiger partial charge in [0.15, 0.2) is 4.21 Å². The Balaban J connectivity index is 1.08. The molecule has 1 fully saturated rings. The molecule has 1 atom stereocenters. The Morgan fingerprint density at radius 2 is 1.49 bits per heavy atom. The molecule has 1 aliphatic rings. The van der Waals surface area contributed by atoms with E-state index in [0.29, 0.717) is 37.9 Å². The number of nitrogens with one attached hydrogen (secondary N) is 4. The molecule has 272 valence electrons. The fraction of sp³-hybridized carbons (Fsp3) is 0.265. The number of carbonyl (C=O) groups is 1.